The van der Waals surface area contributed by atoms with E-state index in [2.05, 4.69) is 10.3 Å². The van der Waals surface area contributed by atoms with Crippen LogP contribution in [0.3, 0.4) is 0 Å². The average molecular weight is 340 g/mol. The third-order valence-electron chi connectivity index (χ3n) is 3.75. The number of carbonyl (C=O) groups is 1. The molecule has 1 aliphatic heterocycles. The van der Waals surface area contributed by atoms with Gasteiger partial charge in [0.2, 0.25) is 0 Å². The molecule has 128 valence electrons. The Balaban J connectivity index is 1.86. The van der Waals surface area contributed by atoms with Crippen LogP contribution in [0.5, 0.6) is 0 Å². The Morgan fingerprint density at radius 1 is 1.43 bits per heavy atom. The highest BCUT2D eigenvalue weighted by Gasteiger charge is 2.30. The smallest absolute Gasteiger partial charge is 0.410 e. The topological polar surface area (TPSA) is 54.5 Å². The van der Waals surface area contributed by atoms with Gasteiger partial charge in [-0.3, -0.25) is 0 Å². The van der Waals surface area contributed by atoms with Crippen LogP contribution in [0.2, 0.25) is 5.15 Å². The second-order valence-corrected chi connectivity index (χ2v) is 7.33. The van der Waals surface area contributed by atoms with Crippen LogP contribution < -0.4 is 5.32 Å². The van der Waals surface area contributed by atoms with Gasteiger partial charge in [-0.25, -0.2) is 9.78 Å². The maximum absolute atomic E-state index is 12.3. The summed E-state index contributed by atoms with van der Waals surface area (Å²) >= 11 is 5.78. The summed E-state index contributed by atoms with van der Waals surface area (Å²) < 4.78 is 5.52. The Morgan fingerprint density at radius 3 is 2.87 bits per heavy atom. The molecule has 1 aromatic heterocycles. The van der Waals surface area contributed by atoms with Crippen LogP contribution in [0.15, 0.2) is 18.3 Å². The molecule has 1 atom stereocenters. The van der Waals surface area contributed by atoms with Crippen LogP contribution in [0, 0.1) is 0 Å². The van der Waals surface area contributed by atoms with Gasteiger partial charge in [-0.05, 0) is 51.7 Å². The van der Waals surface area contributed by atoms with Gasteiger partial charge in [0, 0.05) is 31.9 Å². The molecule has 1 amide bonds. The molecule has 0 aromatic carbocycles. The highest BCUT2D eigenvalue weighted by Crippen LogP contribution is 2.20. The first-order chi connectivity index (χ1) is 10.8. The van der Waals surface area contributed by atoms with Gasteiger partial charge in [0.1, 0.15) is 10.8 Å². The number of carbonyl (C=O) groups excluding carboxylic acids is 1. The van der Waals surface area contributed by atoms with Gasteiger partial charge in [0.25, 0.3) is 0 Å². The number of hydrogen-bond donors (Lipinski definition) is 1. The van der Waals surface area contributed by atoms with Gasteiger partial charge in [-0.1, -0.05) is 17.7 Å². The number of hydrogen-bond acceptors (Lipinski definition) is 4. The van der Waals surface area contributed by atoms with E-state index in [-0.39, 0.29) is 12.1 Å². The van der Waals surface area contributed by atoms with Gasteiger partial charge in [0.15, 0.2) is 0 Å². The first kappa shape index (κ1) is 18.0. The normalized spacial score (nSPS) is 18.8. The predicted molar refractivity (Wildman–Crippen MR) is 91.5 cm³/mol. The second kappa shape index (κ2) is 7.97. The lowest BCUT2D eigenvalue weighted by atomic mass is 10.0. The Hall–Kier alpha value is -1.33. The molecule has 23 heavy (non-hydrogen) atoms. The molecule has 0 bridgehead atoms. The largest absolute Gasteiger partial charge is 0.444 e. The Kier molecular flexibility index (Phi) is 6.25. The fraction of sp³-hybridized carbons (Fsp3) is 0.647. The van der Waals surface area contributed by atoms with E-state index >= 15 is 0 Å². The maximum Gasteiger partial charge on any atom is 0.410 e. The highest BCUT2D eigenvalue weighted by molar-refractivity contribution is 6.29. The van der Waals surface area contributed by atoms with E-state index in [4.69, 9.17) is 16.3 Å². The van der Waals surface area contributed by atoms with E-state index in [1.807, 2.05) is 31.7 Å². The molecular formula is C17H26ClN3O2. The molecule has 0 spiro atoms. The summed E-state index contributed by atoms with van der Waals surface area (Å²) in [5.41, 5.74) is 0.621. The van der Waals surface area contributed by atoms with E-state index in [1.165, 1.54) is 0 Å². The molecule has 2 rings (SSSR count). The summed E-state index contributed by atoms with van der Waals surface area (Å²) in [5, 5.41) is 3.90. The predicted octanol–water partition coefficient (Wildman–Crippen LogP) is 3.61. The van der Waals surface area contributed by atoms with Crippen LogP contribution in [0.25, 0.3) is 0 Å². The minimum atomic E-state index is -0.457. The number of halogens is 1. The van der Waals surface area contributed by atoms with Crippen molar-refractivity contribution in [3.05, 3.63) is 29.0 Å². The number of amides is 1. The first-order valence-electron chi connectivity index (χ1n) is 8.16. The molecule has 2 heterocycles. The summed E-state index contributed by atoms with van der Waals surface area (Å²) in [6.07, 6.45) is 4.75. The van der Waals surface area contributed by atoms with Crippen molar-refractivity contribution in [3.63, 3.8) is 0 Å². The standard InChI is InChI=1S/C17H26ClN3O2/c1-17(2,3)23-16(22)21-9-5-4-6-14(21)12-19-10-13-7-8-15(18)20-11-13/h7-8,11,14,19H,4-6,9-10,12H2,1-3H3. The van der Waals surface area contributed by atoms with Gasteiger partial charge < -0.3 is 15.0 Å². The van der Waals surface area contributed by atoms with E-state index in [0.29, 0.717) is 11.7 Å². The molecule has 0 aliphatic carbocycles. The van der Waals surface area contributed by atoms with E-state index < -0.39 is 5.60 Å². The van der Waals surface area contributed by atoms with Crippen LogP contribution in [0.1, 0.15) is 45.6 Å². The summed E-state index contributed by atoms with van der Waals surface area (Å²) in [6.45, 7) is 7.93. The van der Waals surface area contributed by atoms with Crippen LogP contribution in [-0.2, 0) is 11.3 Å². The number of piperidine rings is 1. The zero-order valence-electron chi connectivity index (χ0n) is 14.1. The minimum Gasteiger partial charge on any atom is -0.444 e. The van der Waals surface area contributed by atoms with E-state index in [0.717, 1.165) is 37.9 Å². The number of ether oxygens (including phenoxy) is 1. The summed E-state index contributed by atoms with van der Waals surface area (Å²) in [4.78, 5) is 18.3. The van der Waals surface area contributed by atoms with Crippen molar-refractivity contribution in [1.82, 2.24) is 15.2 Å². The lowest BCUT2D eigenvalue weighted by Crippen LogP contribution is -2.50. The average Bonchev–Trinajstić information content (AvgIpc) is 2.48. The number of rotatable bonds is 4. The number of pyridine rings is 1. The quantitative estimate of drug-likeness (QED) is 0.851. The van der Waals surface area contributed by atoms with E-state index in [1.54, 1.807) is 12.3 Å². The lowest BCUT2D eigenvalue weighted by molar-refractivity contribution is 0.00993. The molecule has 1 unspecified atom stereocenters. The van der Waals surface area contributed by atoms with Crippen molar-refractivity contribution in [2.75, 3.05) is 13.1 Å². The summed E-state index contributed by atoms with van der Waals surface area (Å²) in [6, 6.07) is 3.92. The number of likely N-dealkylation sites (tertiary alicyclic amines) is 1. The molecule has 1 N–H and O–H groups in total. The number of nitrogens with zero attached hydrogens (tertiary/aromatic N) is 2. The highest BCUT2D eigenvalue weighted by atomic mass is 35.5. The maximum atomic E-state index is 12.3. The van der Waals surface area contributed by atoms with Gasteiger partial charge in [0.05, 0.1) is 0 Å². The molecule has 6 heteroatoms. The molecule has 0 radical (unpaired) electrons. The van der Waals surface area contributed by atoms with Crippen LogP contribution in [-0.4, -0.2) is 40.7 Å². The molecule has 1 aromatic rings. The Bertz CT molecular complexity index is 514. The fourth-order valence-electron chi connectivity index (χ4n) is 2.67. The molecule has 5 nitrogen and oxygen atoms in total. The third-order valence-corrected chi connectivity index (χ3v) is 3.98. The van der Waals surface area contributed by atoms with Crippen molar-refractivity contribution in [2.45, 2.75) is 58.2 Å². The second-order valence-electron chi connectivity index (χ2n) is 6.94. The molecule has 1 fully saturated rings. The van der Waals surface area contributed by atoms with Gasteiger partial charge in [-0.2, -0.15) is 0 Å². The molecular weight excluding hydrogens is 314 g/mol. The monoisotopic (exact) mass is 339 g/mol. The molecule has 1 aliphatic rings. The first-order valence-corrected chi connectivity index (χ1v) is 8.54. The third kappa shape index (κ3) is 5.99. The zero-order valence-corrected chi connectivity index (χ0v) is 14.9. The van der Waals surface area contributed by atoms with Crippen LogP contribution >= 0.6 is 11.6 Å². The van der Waals surface area contributed by atoms with E-state index in [9.17, 15) is 4.79 Å². The SMILES string of the molecule is CC(C)(C)OC(=O)N1CCCCC1CNCc1ccc(Cl)nc1. The van der Waals surface area contributed by atoms with Crippen molar-refractivity contribution >= 4 is 17.7 Å². The summed E-state index contributed by atoms with van der Waals surface area (Å²) in [5.74, 6) is 0. The van der Waals surface area contributed by atoms with Gasteiger partial charge >= 0.3 is 6.09 Å². The van der Waals surface area contributed by atoms with Crippen LogP contribution in [0.4, 0.5) is 4.79 Å². The fourth-order valence-corrected chi connectivity index (χ4v) is 2.78. The number of nitrogens with one attached hydrogen (secondary N) is 1. The Morgan fingerprint density at radius 2 is 2.22 bits per heavy atom. The molecule has 1 saturated heterocycles. The van der Waals surface area contributed by atoms with Crippen molar-refractivity contribution < 1.29 is 9.53 Å². The number of aromatic nitrogens is 1. The molecule has 0 saturated carbocycles. The lowest BCUT2D eigenvalue weighted by Gasteiger charge is -2.37. The minimum absolute atomic E-state index is 0.179. The summed E-state index contributed by atoms with van der Waals surface area (Å²) in [7, 11) is 0. The zero-order chi connectivity index (χ0) is 16.9. The Labute approximate surface area is 143 Å². The van der Waals surface area contributed by atoms with Crippen molar-refractivity contribution in [1.29, 1.82) is 0 Å². The van der Waals surface area contributed by atoms with Crippen molar-refractivity contribution in [2.24, 2.45) is 0 Å². The van der Waals surface area contributed by atoms with Gasteiger partial charge in [-0.15, -0.1) is 0 Å². The van der Waals surface area contributed by atoms with Crippen molar-refractivity contribution in [3.8, 4) is 0 Å².